The molecule has 1 N–H and O–H groups in total. The maximum absolute atomic E-state index is 13.4. The van der Waals surface area contributed by atoms with Crippen LogP contribution in [0.15, 0.2) is 35.1 Å². The number of rotatable bonds is 6. The average molecular weight is 430 g/mol. The Balaban J connectivity index is 2.04. The summed E-state index contributed by atoms with van der Waals surface area (Å²) < 4.78 is 12.2. The minimum absolute atomic E-state index is 0.0205. The van der Waals surface area contributed by atoms with Crippen LogP contribution in [0.4, 0.5) is 4.79 Å². The summed E-state index contributed by atoms with van der Waals surface area (Å²) in [5.41, 5.74) is 1.69. The van der Waals surface area contributed by atoms with E-state index in [2.05, 4.69) is 4.90 Å². The Morgan fingerprint density at radius 3 is 2.48 bits per heavy atom. The fourth-order valence-corrected chi connectivity index (χ4v) is 4.17. The number of aryl methyl sites for hydroxylation is 1. The zero-order valence-electron chi connectivity index (χ0n) is 18.6. The minimum Gasteiger partial charge on any atom is -0.507 e. The van der Waals surface area contributed by atoms with Crippen molar-refractivity contribution in [3.63, 3.8) is 0 Å². The summed E-state index contributed by atoms with van der Waals surface area (Å²) in [5.74, 6) is 0.655. The van der Waals surface area contributed by atoms with Gasteiger partial charge in [-0.2, -0.15) is 0 Å². The van der Waals surface area contributed by atoms with Crippen molar-refractivity contribution in [2.75, 3.05) is 39.9 Å². The van der Waals surface area contributed by atoms with Crippen molar-refractivity contribution in [3.05, 3.63) is 57.5 Å². The van der Waals surface area contributed by atoms with Crippen molar-refractivity contribution >= 4 is 6.09 Å². The van der Waals surface area contributed by atoms with Crippen LogP contribution in [0.1, 0.15) is 36.7 Å². The van der Waals surface area contributed by atoms with E-state index in [-0.39, 0.29) is 17.4 Å². The molecular formula is C23H31N3O5. The lowest BCUT2D eigenvalue weighted by Gasteiger charge is -2.39. The molecule has 2 heterocycles. The monoisotopic (exact) mass is 429 g/mol. The van der Waals surface area contributed by atoms with Crippen LogP contribution in [0, 0.1) is 6.92 Å². The number of benzene rings is 1. The fraction of sp³-hybridized carbons (Fsp3) is 0.478. The normalized spacial score (nSPS) is 15.5. The largest absolute Gasteiger partial charge is 0.507 e. The van der Waals surface area contributed by atoms with Gasteiger partial charge < -0.3 is 24.0 Å². The van der Waals surface area contributed by atoms with Crippen molar-refractivity contribution in [2.24, 2.45) is 0 Å². The SMILES string of the molecule is CCOC(=O)N1CCN([C@H](c2cccc(OC)c2)c2c(O)cc(C)n(CC)c2=O)CC1. The summed E-state index contributed by atoms with van der Waals surface area (Å²) in [7, 11) is 1.60. The Morgan fingerprint density at radius 1 is 1.16 bits per heavy atom. The smallest absolute Gasteiger partial charge is 0.409 e. The molecule has 31 heavy (non-hydrogen) atoms. The highest BCUT2D eigenvalue weighted by Gasteiger charge is 2.32. The van der Waals surface area contributed by atoms with E-state index in [1.807, 2.05) is 38.1 Å². The van der Waals surface area contributed by atoms with Gasteiger partial charge in [0, 0.05) is 38.4 Å². The van der Waals surface area contributed by atoms with Crippen LogP contribution in [0.2, 0.25) is 0 Å². The van der Waals surface area contributed by atoms with E-state index >= 15 is 0 Å². The second-order valence-electron chi connectivity index (χ2n) is 7.54. The molecule has 8 heteroatoms. The van der Waals surface area contributed by atoms with Gasteiger partial charge in [0.1, 0.15) is 11.5 Å². The molecule has 1 aliphatic rings. The van der Waals surface area contributed by atoms with Crippen LogP contribution in [0.5, 0.6) is 11.5 Å². The van der Waals surface area contributed by atoms with Crippen LogP contribution < -0.4 is 10.3 Å². The molecule has 0 aliphatic carbocycles. The third kappa shape index (κ3) is 4.69. The van der Waals surface area contributed by atoms with Gasteiger partial charge in [-0.15, -0.1) is 0 Å². The molecule has 0 spiro atoms. The number of aromatic hydroxyl groups is 1. The summed E-state index contributed by atoms with van der Waals surface area (Å²) in [6.07, 6.45) is -0.327. The molecule has 1 aromatic heterocycles. The highest BCUT2D eigenvalue weighted by Crippen LogP contribution is 2.34. The summed E-state index contributed by atoms with van der Waals surface area (Å²) in [4.78, 5) is 29.3. The van der Waals surface area contributed by atoms with E-state index in [9.17, 15) is 14.7 Å². The second-order valence-corrected chi connectivity index (χ2v) is 7.54. The molecule has 3 rings (SSSR count). The van der Waals surface area contributed by atoms with Crippen LogP contribution in [0.3, 0.4) is 0 Å². The molecule has 1 saturated heterocycles. The van der Waals surface area contributed by atoms with E-state index < -0.39 is 6.04 Å². The van der Waals surface area contributed by atoms with E-state index in [0.717, 1.165) is 5.56 Å². The zero-order chi connectivity index (χ0) is 22.5. The molecule has 0 bridgehead atoms. The van der Waals surface area contributed by atoms with Gasteiger partial charge in [0.25, 0.3) is 5.56 Å². The van der Waals surface area contributed by atoms with Gasteiger partial charge >= 0.3 is 6.09 Å². The van der Waals surface area contributed by atoms with Crippen LogP contribution >= 0.6 is 0 Å². The number of amides is 1. The predicted octanol–water partition coefficient (Wildman–Crippen LogP) is 2.75. The Labute approximate surface area is 182 Å². The molecule has 8 nitrogen and oxygen atoms in total. The number of carbonyl (C=O) groups is 1. The van der Waals surface area contributed by atoms with Gasteiger partial charge in [-0.05, 0) is 44.5 Å². The lowest BCUT2D eigenvalue weighted by molar-refractivity contribution is 0.0709. The minimum atomic E-state index is -0.467. The Hall–Kier alpha value is -3.00. The van der Waals surface area contributed by atoms with Crippen LogP contribution in [-0.4, -0.2) is 65.5 Å². The molecule has 0 saturated carbocycles. The van der Waals surface area contributed by atoms with Crippen molar-refractivity contribution in [3.8, 4) is 11.5 Å². The first-order valence-electron chi connectivity index (χ1n) is 10.6. The standard InChI is InChI=1S/C23H31N3O5/c1-5-26-16(3)14-19(27)20(22(26)28)21(17-8-7-9-18(15-17)30-4)24-10-12-25(13-11-24)23(29)31-6-2/h7-9,14-15,21,27H,5-6,10-13H2,1-4H3/t21-/m1/s1. The first kappa shape index (κ1) is 22.7. The van der Waals surface area contributed by atoms with Gasteiger partial charge in [-0.25, -0.2) is 4.79 Å². The summed E-state index contributed by atoms with van der Waals surface area (Å²) in [5, 5.41) is 10.8. The molecule has 1 amide bonds. The molecule has 1 aromatic carbocycles. The summed E-state index contributed by atoms with van der Waals surface area (Å²) >= 11 is 0. The molecule has 2 aromatic rings. The Morgan fingerprint density at radius 2 is 1.87 bits per heavy atom. The molecule has 0 radical (unpaired) electrons. The zero-order valence-corrected chi connectivity index (χ0v) is 18.6. The maximum atomic E-state index is 13.4. The maximum Gasteiger partial charge on any atom is 0.409 e. The third-order valence-corrected chi connectivity index (χ3v) is 5.73. The molecule has 0 unspecified atom stereocenters. The number of pyridine rings is 1. The van der Waals surface area contributed by atoms with Gasteiger partial charge in [-0.1, -0.05) is 12.1 Å². The Bertz CT molecular complexity index is 980. The van der Waals surface area contributed by atoms with Gasteiger partial charge in [-0.3, -0.25) is 9.69 Å². The van der Waals surface area contributed by atoms with Crippen molar-refractivity contribution in [2.45, 2.75) is 33.4 Å². The number of methoxy groups -OCH3 is 1. The Kier molecular flexibility index (Phi) is 7.22. The van der Waals surface area contributed by atoms with Gasteiger partial charge in [0.05, 0.1) is 25.3 Å². The molecule has 1 fully saturated rings. The third-order valence-electron chi connectivity index (χ3n) is 5.73. The first-order chi connectivity index (χ1) is 14.9. The van der Waals surface area contributed by atoms with Crippen LogP contribution in [-0.2, 0) is 11.3 Å². The fourth-order valence-electron chi connectivity index (χ4n) is 4.17. The molecule has 1 aliphatic heterocycles. The highest BCUT2D eigenvalue weighted by molar-refractivity contribution is 5.67. The topological polar surface area (TPSA) is 84.2 Å². The number of hydrogen-bond acceptors (Lipinski definition) is 6. The first-order valence-corrected chi connectivity index (χ1v) is 10.6. The highest BCUT2D eigenvalue weighted by atomic mass is 16.6. The second kappa shape index (κ2) is 9.87. The predicted molar refractivity (Wildman–Crippen MR) is 118 cm³/mol. The number of aromatic nitrogens is 1. The lowest BCUT2D eigenvalue weighted by atomic mass is 9.95. The van der Waals surface area contributed by atoms with Crippen molar-refractivity contribution in [1.29, 1.82) is 0 Å². The van der Waals surface area contributed by atoms with E-state index in [1.54, 1.807) is 29.6 Å². The number of hydrogen-bond donors (Lipinski definition) is 1. The summed E-state index contributed by atoms with van der Waals surface area (Å²) in [6.45, 7) is 8.40. The molecule has 1 atom stereocenters. The number of piperazine rings is 1. The quantitative estimate of drug-likeness (QED) is 0.760. The molecule has 168 valence electrons. The van der Waals surface area contributed by atoms with Crippen LogP contribution in [0.25, 0.3) is 0 Å². The van der Waals surface area contributed by atoms with Crippen molar-refractivity contribution in [1.82, 2.24) is 14.4 Å². The average Bonchev–Trinajstić information content (AvgIpc) is 2.77. The number of ether oxygens (including phenoxy) is 2. The van der Waals surface area contributed by atoms with Gasteiger partial charge in [0.2, 0.25) is 0 Å². The lowest BCUT2D eigenvalue weighted by Crippen LogP contribution is -2.50. The summed E-state index contributed by atoms with van der Waals surface area (Å²) in [6, 6.07) is 8.71. The van der Waals surface area contributed by atoms with Gasteiger partial charge in [0.15, 0.2) is 0 Å². The van der Waals surface area contributed by atoms with Crippen molar-refractivity contribution < 1.29 is 19.4 Å². The van der Waals surface area contributed by atoms with E-state index in [0.29, 0.717) is 56.3 Å². The number of carbonyl (C=O) groups excluding carboxylic acids is 1. The molecular weight excluding hydrogens is 398 g/mol. The van der Waals surface area contributed by atoms with E-state index in [4.69, 9.17) is 9.47 Å². The number of nitrogens with zero attached hydrogens (tertiary/aromatic N) is 3. The van der Waals surface area contributed by atoms with E-state index in [1.165, 1.54) is 0 Å².